The van der Waals surface area contributed by atoms with E-state index in [0.717, 1.165) is 28.0 Å². The summed E-state index contributed by atoms with van der Waals surface area (Å²) >= 11 is 0. The standard InChI is InChI=1S/C24H26N4O2/c1-18(28-17-25-22-8-4-5-9-23(22)28)24(29)27(16-21-7-6-14-30-21)15-19-10-12-20(13-11-19)26(2)3/h4-14,17-18H,15-16H2,1-3H3. The highest BCUT2D eigenvalue weighted by atomic mass is 16.3. The third kappa shape index (κ3) is 4.08. The maximum absolute atomic E-state index is 13.5. The topological polar surface area (TPSA) is 54.5 Å². The first-order valence-corrected chi connectivity index (χ1v) is 10.0. The molecule has 0 bridgehead atoms. The zero-order chi connectivity index (χ0) is 21.1. The summed E-state index contributed by atoms with van der Waals surface area (Å²) in [4.78, 5) is 21.8. The van der Waals surface area contributed by atoms with E-state index in [0.29, 0.717) is 13.1 Å². The van der Waals surface area contributed by atoms with Crippen molar-refractivity contribution < 1.29 is 9.21 Å². The van der Waals surface area contributed by atoms with Crippen LogP contribution in [0.2, 0.25) is 0 Å². The Balaban J connectivity index is 1.60. The number of hydrogen-bond acceptors (Lipinski definition) is 4. The van der Waals surface area contributed by atoms with Crippen molar-refractivity contribution >= 4 is 22.6 Å². The fourth-order valence-corrected chi connectivity index (χ4v) is 3.59. The minimum atomic E-state index is -0.381. The molecule has 4 rings (SSSR count). The van der Waals surface area contributed by atoms with Crippen molar-refractivity contribution in [3.8, 4) is 0 Å². The zero-order valence-corrected chi connectivity index (χ0v) is 17.5. The van der Waals surface area contributed by atoms with Crippen LogP contribution in [0.4, 0.5) is 5.69 Å². The van der Waals surface area contributed by atoms with Crippen molar-refractivity contribution in [3.63, 3.8) is 0 Å². The Labute approximate surface area is 176 Å². The molecule has 0 radical (unpaired) electrons. The van der Waals surface area contributed by atoms with Crippen LogP contribution in [0.3, 0.4) is 0 Å². The smallest absolute Gasteiger partial charge is 0.246 e. The fraction of sp³-hybridized carbons (Fsp3) is 0.250. The van der Waals surface area contributed by atoms with Gasteiger partial charge in [-0.2, -0.15) is 0 Å². The fourth-order valence-electron chi connectivity index (χ4n) is 3.59. The largest absolute Gasteiger partial charge is 0.467 e. The molecule has 0 fully saturated rings. The van der Waals surface area contributed by atoms with Gasteiger partial charge >= 0.3 is 0 Å². The van der Waals surface area contributed by atoms with E-state index in [9.17, 15) is 4.79 Å². The molecule has 6 heteroatoms. The third-order valence-electron chi connectivity index (χ3n) is 5.32. The molecule has 1 amide bonds. The average Bonchev–Trinajstić information content (AvgIpc) is 3.42. The average molecular weight is 402 g/mol. The van der Waals surface area contributed by atoms with E-state index in [1.54, 1.807) is 12.6 Å². The van der Waals surface area contributed by atoms with E-state index < -0.39 is 0 Å². The highest BCUT2D eigenvalue weighted by molar-refractivity contribution is 5.83. The Kier molecular flexibility index (Phi) is 5.57. The van der Waals surface area contributed by atoms with Gasteiger partial charge in [0.25, 0.3) is 0 Å². The minimum Gasteiger partial charge on any atom is -0.467 e. The quantitative estimate of drug-likeness (QED) is 0.457. The molecule has 2 aromatic carbocycles. The SMILES string of the molecule is CC(C(=O)N(Cc1ccc(N(C)C)cc1)Cc1ccco1)n1cnc2ccccc21. The Hall–Kier alpha value is -3.54. The Bertz CT molecular complexity index is 1110. The molecule has 1 atom stereocenters. The van der Waals surface area contributed by atoms with Crippen LogP contribution in [0.1, 0.15) is 24.3 Å². The number of nitrogens with zero attached hydrogens (tertiary/aromatic N) is 4. The summed E-state index contributed by atoms with van der Waals surface area (Å²) in [5.41, 5.74) is 4.03. The summed E-state index contributed by atoms with van der Waals surface area (Å²) in [5.74, 6) is 0.780. The summed E-state index contributed by atoms with van der Waals surface area (Å²) in [7, 11) is 4.03. The molecule has 2 aromatic heterocycles. The molecule has 4 aromatic rings. The highest BCUT2D eigenvalue weighted by Crippen LogP contribution is 2.22. The van der Waals surface area contributed by atoms with Gasteiger partial charge in [0.05, 0.1) is 30.2 Å². The number of rotatable bonds is 7. The molecule has 0 spiro atoms. The van der Waals surface area contributed by atoms with Crippen LogP contribution >= 0.6 is 0 Å². The first-order chi connectivity index (χ1) is 14.5. The Morgan fingerprint density at radius 3 is 2.50 bits per heavy atom. The van der Waals surface area contributed by atoms with Crippen molar-refractivity contribution in [2.24, 2.45) is 0 Å². The number of para-hydroxylation sites is 2. The van der Waals surface area contributed by atoms with Crippen LogP contribution in [0, 0.1) is 0 Å². The monoisotopic (exact) mass is 402 g/mol. The van der Waals surface area contributed by atoms with E-state index in [2.05, 4.69) is 34.1 Å². The van der Waals surface area contributed by atoms with Crippen LogP contribution < -0.4 is 4.90 Å². The molecule has 0 saturated carbocycles. The third-order valence-corrected chi connectivity index (χ3v) is 5.32. The van der Waals surface area contributed by atoms with Crippen molar-refractivity contribution in [3.05, 3.63) is 84.6 Å². The van der Waals surface area contributed by atoms with E-state index in [1.165, 1.54) is 0 Å². The predicted octanol–water partition coefficient (Wildman–Crippen LogP) is 4.49. The molecule has 154 valence electrons. The van der Waals surface area contributed by atoms with Crippen molar-refractivity contribution in [1.29, 1.82) is 0 Å². The molecule has 0 N–H and O–H groups in total. The maximum Gasteiger partial charge on any atom is 0.246 e. The maximum atomic E-state index is 13.5. The molecule has 1 unspecified atom stereocenters. The Morgan fingerprint density at radius 1 is 1.03 bits per heavy atom. The number of fused-ring (bicyclic) bond motifs is 1. The second-order valence-electron chi connectivity index (χ2n) is 7.65. The van der Waals surface area contributed by atoms with Gasteiger partial charge in [0.15, 0.2) is 0 Å². The van der Waals surface area contributed by atoms with Crippen LogP contribution in [0.15, 0.2) is 77.7 Å². The van der Waals surface area contributed by atoms with Gasteiger partial charge in [-0.25, -0.2) is 4.98 Å². The van der Waals surface area contributed by atoms with Gasteiger partial charge in [-0.1, -0.05) is 24.3 Å². The summed E-state index contributed by atoms with van der Waals surface area (Å²) in [6, 6.07) is 19.5. The molecule has 2 heterocycles. The molecular weight excluding hydrogens is 376 g/mol. The van der Waals surface area contributed by atoms with E-state index in [1.807, 2.05) is 66.9 Å². The van der Waals surface area contributed by atoms with E-state index in [4.69, 9.17) is 4.42 Å². The molecule has 30 heavy (non-hydrogen) atoms. The lowest BCUT2D eigenvalue weighted by Crippen LogP contribution is -2.35. The molecular formula is C24H26N4O2. The number of amides is 1. The van der Waals surface area contributed by atoms with Crippen LogP contribution in [-0.2, 0) is 17.9 Å². The van der Waals surface area contributed by atoms with Gasteiger partial charge in [0, 0.05) is 26.3 Å². The number of carbonyl (C=O) groups excluding carboxylic acids is 1. The predicted molar refractivity (Wildman–Crippen MR) is 118 cm³/mol. The minimum absolute atomic E-state index is 0.0197. The summed E-state index contributed by atoms with van der Waals surface area (Å²) in [5, 5.41) is 0. The summed E-state index contributed by atoms with van der Waals surface area (Å²) < 4.78 is 7.46. The highest BCUT2D eigenvalue weighted by Gasteiger charge is 2.24. The summed E-state index contributed by atoms with van der Waals surface area (Å²) in [6.07, 6.45) is 3.38. The number of aromatic nitrogens is 2. The summed E-state index contributed by atoms with van der Waals surface area (Å²) in [6.45, 7) is 2.84. The lowest BCUT2D eigenvalue weighted by Gasteiger charge is -2.26. The Morgan fingerprint density at radius 2 is 1.80 bits per heavy atom. The lowest BCUT2D eigenvalue weighted by atomic mass is 10.1. The van der Waals surface area contributed by atoms with Crippen molar-refractivity contribution in [2.45, 2.75) is 26.1 Å². The van der Waals surface area contributed by atoms with Gasteiger partial charge < -0.3 is 18.8 Å². The lowest BCUT2D eigenvalue weighted by molar-refractivity contribution is -0.135. The number of anilines is 1. The van der Waals surface area contributed by atoms with Gasteiger partial charge in [-0.05, 0) is 48.9 Å². The van der Waals surface area contributed by atoms with E-state index in [-0.39, 0.29) is 11.9 Å². The second kappa shape index (κ2) is 8.45. The molecule has 0 aliphatic carbocycles. The first-order valence-electron chi connectivity index (χ1n) is 10.0. The van der Waals surface area contributed by atoms with Gasteiger partial charge in [0.1, 0.15) is 11.8 Å². The number of furan rings is 1. The van der Waals surface area contributed by atoms with Crippen molar-refractivity contribution in [2.75, 3.05) is 19.0 Å². The van der Waals surface area contributed by atoms with Gasteiger partial charge in [-0.15, -0.1) is 0 Å². The van der Waals surface area contributed by atoms with Crippen molar-refractivity contribution in [1.82, 2.24) is 14.5 Å². The van der Waals surface area contributed by atoms with Crippen LogP contribution in [-0.4, -0.2) is 34.5 Å². The number of hydrogen-bond donors (Lipinski definition) is 0. The van der Waals surface area contributed by atoms with Crippen LogP contribution in [0.5, 0.6) is 0 Å². The normalized spacial score (nSPS) is 12.1. The second-order valence-corrected chi connectivity index (χ2v) is 7.65. The van der Waals surface area contributed by atoms with Gasteiger partial charge in [0.2, 0.25) is 5.91 Å². The first kappa shape index (κ1) is 19.8. The number of benzene rings is 2. The van der Waals surface area contributed by atoms with Crippen LogP contribution in [0.25, 0.3) is 11.0 Å². The molecule has 0 aliphatic rings. The van der Waals surface area contributed by atoms with E-state index >= 15 is 0 Å². The molecule has 0 aliphatic heterocycles. The molecule has 6 nitrogen and oxygen atoms in total. The van der Waals surface area contributed by atoms with Gasteiger partial charge in [-0.3, -0.25) is 4.79 Å². The molecule has 0 saturated heterocycles. The zero-order valence-electron chi connectivity index (χ0n) is 17.5. The number of imidazole rings is 1. The number of carbonyl (C=O) groups is 1.